The maximum atomic E-state index is 11.8. The molecule has 10 heteroatoms. The Labute approximate surface area is 230 Å². The van der Waals surface area contributed by atoms with Crippen molar-refractivity contribution in [2.24, 2.45) is 11.1 Å². The smallest absolute Gasteiger partial charge is 0.252 e. The standard InChI is InChI=1S/C27H28Cl2N4O3S/c1-3-18-15(2)33(17-9-10-22(31-13-17)27(34)37-30)12-11-23(18)35-14-19-25(32-36-26(19)16-7-8-16)24-20(28)5-4-6-21(24)29/h4-6,9-10,13,16,18,23H,2-3,7-8,11-12,14,30H2,1H3. The highest BCUT2D eigenvalue weighted by Gasteiger charge is 2.36. The van der Waals surface area contributed by atoms with Gasteiger partial charge in [0.1, 0.15) is 17.1 Å². The van der Waals surface area contributed by atoms with Crippen molar-refractivity contribution >= 4 is 46.0 Å². The van der Waals surface area contributed by atoms with Gasteiger partial charge in [0.15, 0.2) is 0 Å². The first-order valence-electron chi connectivity index (χ1n) is 12.3. The summed E-state index contributed by atoms with van der Waals surface area (Å²) >= 11 is 13.7. The summed E-state index contributed by atoms with van der Waals surface area (Å²) < 4.78 is 12.4. The monoisotopic (exact) mass is 558 g/mol. The molecule has 1 aromatic carbocycles. The number of nitrogens with zero attached hydrogens (tertiary/aromatic N) is 3. The number of nitrogens with two attached hydrogens (primary N) is 1. The predicted octanol–water partition coefficient (Wildman–Crippen LogP) is 7.00. The number of piperidine rings is 1. The van der Waals surface area contributed by atoms with Gasteiger partial charge in [0.05, 0.1) is 34.6 Å². The van der Waals surface area contributed by atoms with Crippen LogP contribution in [0.1, 0.15) is 60.3 Å². The number of hydrogen-bond acceptors (Lipinski definition) is 8. The topological polar surface area (TPSA) is 94.5 Å². The van der Waals surface area contributed by atoms with Gasteiger partial charge in [-0.1, -0.05) is 47.9 Å². The number of aromatic nitrogens is 2. The molecule has 0 amide bonds. The zero-order valence-corrected chi connectivity index (χ0v) is 22.8. The van der Waals surface area contributed by atoms with Crippen molar-refractivity contribution in [2.75, 3.05) is 11.4 Å². The van der Waals surface area contributed by atoms with Crippen LogP contribution in [0.5, 0.6) is 0 Å². The molecule has 3 heterocycles. The zero-order valence-electron chi connectivity index (χ0n) is 20.5. The summed E-state index contributed by atoms with van der Waals surface area (Å²) in [7, 11) is 0. The molecule has 0 spiro atoms. The molecule has 1 aliphatic carbocycles. The lowest BCUT2D eigenvalue weighted by molar-refractivity contribution is -0.00192. The summed E-state index contributed by atoms with van der Waals surface area (Å²) in [5.41, 5.74) is 4.44. The second-order valence-electron chi connectivity index (χ2n) is 9.35. The minimum Gasteiger partial charge on any atom is -0.373 e. The van der Waals surface area contributed by atoms with Crippen molar-refractivity contribution < 1.29 is 14.1 Å². The lowest BCUT2D eigenvalue weighted by atomic mass is 9.88. The summed E-state index contributed by atoms with van der Waals surface area (Å²) in [4.78, 5) is 18.2. The van der Waals surface area contributed by atoms with Gasteiger partial charge in [-0.05, 0) is 61.9 Å². The molecule has 1 saturated carbocycles. The van der Waals surface area contributed by atoms with Crippen LogP contribution in [0.15, 0.2) is 53.3 Å². The van der Waals surface area contributed by atoms with Gasteiger partial charge in [-0.15, -0.1) is 0 Å². The lowest BCUT2D eigenvalue weighted by Gasteiger charge is -2.41. The zero-order chi connectivity index (χ0) is 26.1. The molecule has 0 radical (unpaired) electrons. The Bertz CT molecular complexity index is 1290. The van der Waals surface area contributed by atoms with E-state index in [1.165, 1.54) is 0 Å². The summed E-state index contributed by atoms with van der Waals surface area (Å²) in [6.45, 7) is 7.62. The van der Waals surface area contributed by atoms with Gasteiger partial charge in [0.25, 0.3) is 5.12 Å². The van der Waals surface area contributed by atoms with Gasteiger partial charge < -0.3 is 14.2 Å². The Hall–Kier alpha value is -2.36. The summed E-state index contributed by atoms with van der Waals surface area (Å²) in [6.07, 6.45) is 5.51. The van der Waals surface area contributed by atoms with Crippen molar-refractivity contribution in [3.05, 3.63) is 75.9 Å². The fourth-order valence-electron chi connectivity index (χ4n) is 4.97. The first kappa shape index (κ1) is 26.3. The van der Waals surface area contributed by atoms with Gasteiger partial charge >= 0.3 is 0 Å². The van der Waals surface area contributed by atoms with E-state index in [4.69, 9.17) is 37.6 Å². The second-order valence-corrected chi connectivity index (χ2v) is 10.8. The molecule has 194 valence electrons. The summed E-state index contributed by atoms with van der Waals surface area (Å²) in [5.74, 6) is 1.35. The molecule has 2 aliphatic rings. The molecule has 3 aromatic rings. The molecule has 2 fully saturated rings. The highest BCUT2D eigenvalue weighted by atomic mass is 35.5. The second kappa shape index (κ2) is 11.2. The maximum Gasteiger partial charge on any atom is 0.252 e. The van der Waals surface area contributed by atoms with Crippen molar-refractivity contribution in [2.45, 2.75) is 51.2 Å². The highest BCUT2D eigenvalue weighted by molar-refractivity contribution is 8.12. The molecule has 2 aromatic heterocycles. The fraction of sp³-hybridized carbons (Fsp3) is 0.370. The number of anilines is 1. The van der Waals surface area contributed by atoms with E-state index in [-0.39, 0.29) is 17.1 Å². The van der Waals surface area contributed by atoms with Crippen LogP contribution in [0, 0.1) is 5.92 Å². The quantitative estimate of drug-likeness (QED) is 0.295. The average Bonchev–Trinajstić information content (AvgIpc) is 3.67. The number of rotatable bonds is 8. The van der Waals surface area contributed by atoms with Gasteiger partial charge in [-0.3, -0.25) is 9.93 Å². The van der Waals surface area contributed by atoms with E-state index in [0.717, 1.165) is 54.9 Å². The maximum absolute atomic E-state index is 11.8. The van der Waals surface area contributed by atoms with E-state index in [1.807, 2.05) is 12.1 Å². The van der Waals surface area contributed by atoms with Crippen LogP contribution in [-0.2, 0) is 11.3 Å². The highest BCUT2D eigenvalue weighted by Crippen LogP contribution is 2.46. The molecule has 2 unspecified atom stereocenters. The average molecular weight is 560 g/mol. The van der Waals surface area contributed by atoms with Crippen LogP contribution in [0.25, 0.3) is 11.3 Å². The van der Waals surface area contributed by atoms with E-state index in [2.05, 4.69) is 28.5 Å². The van der Waals surface area contributed by atoms with Crippen LogP contribution in [-0.4, -0.2) is 27.9 Å². The minimum atomic E-state index is -0.263. The largest absolute Gasteiger partial charge is 0.373 e. The van der Waals surface area contributed by atoms with Gasteiger partial charge in [-0.2, -0.15) is 0 Å². The SMILES string of the molecule is C=C1C(CC)C(OCc2c(-c3c(Cl)cccc3Cl)noc2C2CC2)CCN1c1ccc(C(=O)SN)nc1. The molecule has 1 aliphatic heterocycles. The number of benzene rings is 1. The molecular weight excluding hydrogens is 531 g/mol. The Morgan fingerprint density at radius 3 is 2.62 bits per heavy atom. The molecule has 0 bridgehead atoms. The fourth-order valence-corrected chi connectivity index (χ4v) is 5.79. The number of halogens is 2. The Morgan fingerprint density at radius 1 is 1.24 bits per heavy atom. The molecular formula is C27H28Cl2N4O3S. The molecule has 37 heavy (non-hydrogen) atoms. The first-order valence-corrected chi connectivity index (χ1v) is 13.9. The van der Waals surface area contributed by atoms with E-state index < -0.39 is 0 Å². The minimum absolute atomic E-state index is 0.0206. The van der Waals surface area contributed by atoms with Crippen molar-refractivity contribution in [3.8, 4) is 11.3 Å². The van der Waals surface area contributed by atoms with Crippen LogP contribution < -0.4 is 10.0 Å². The number of hydrogen-bond donors (Lipinski definition) is 1. The predicted molar refractivity (Wildman–Crippen MR) is 148 cm³/mol. The third-order valence-corrected chi connectivity index (χ3v) is 8.14. The Balaban J connectivity index is 1.34. The number of carbonyl (C=O) groups excluding carboxylic acids is 1. The lowest BCUT2D eigenvalue weighted by Crippen LogP contribution is -2.42. The molecule has 5 rings (SSSR count). The van der Waals surface area contributed by atoms with Gasteiger partial charge in [0.2, 0.25) is 0 Å². The van der Waals surface area contributed by atoms with Crippen LogP contribution in [0.4, 0.5) is 5.69 Å². The molecule has 2 N–H and O–H groups in total. The summed E-state index contributed by atoms with van der Waals surface area (Å²) in [6, 6.07) is 9.00. The molecule has 2 atom stereocenters. The van der Waals surface area contributed by atoms with Gasteiger partial charge in [0, 0.05) is 35.2 Å². The van der Waals surface area contributed by atoms with E-state index in [9.17, 15) is 4.79 Å². The Kier molecular flexibility index (Phi) is 7.93. The van der Waals surface area contributed by atoms with E-state index in [1.54, 1.807) is 24.4 Å². The number of carbonyl (C=O) groups is 1. The van der Waals surface area contributed by atoms with Crippen molar-refractivity contribution in [1.82, 2.24) is 10.1 Å². The van der Waals surface area contributed by atoms with E-state index in [0.29, 0.717) is 51.5 Å². The van der Waals surface area contributed by atoms with E-state index >= 15 is 0 Å². The normalized spacial score (nSPS) is 19.9. The Morgan fingerprint density at radius 2 is 2.00 bits per heavy atom. The van der Waals surface area contributed by atoms with Crippen LogP contribution in [0.2, 0.25) is 10.0 Å². The third kappa shape index (κ3) is 5.31. The van der Waals surface area contributed by atoms with Crippen LogP contribution in [0.3, 0.4) is 0 Å². The van der Waals surface area contributed by atoms with Crippen LogP contribution >= 0.6 is 35.1 Å². The van der Waals surface area contributed by atoms with Crippen molar-refractivity contribution in [3.63, 3.8) is 0 Å². The molecule has 7 nitrogen and oxygen atoms in total. The number of ether oxygens (including phenoxy) is 1. The summed E-state index contributed by atoms with van der Waals surface area (Å²) in [5, 5.41) is 10.5. The van der Waals surface area contributed by atoms with Crippen molar-refractivity contribution in [1.29, 1.82) is 0 Å². The number of pyridine rings is 1. The third-order valence-electron chi connectivity index (χ3n) is 7.08. The first-order chi connectivity index (χ1) is 17.9. The van der Waals surface area contributed by atoms with Gasteiger partial charge in [-0.25, -0.2) is 4.98 Å². The molecule has 1 saturated heterocycles.